The van der Waals surface area contributed by atoms with Crippen LogP contribution in [-0.2, 0) is 14.3 Å². The molecule has 1 aromatic heterocycles. The van der Waals surface area contributed by atoms with E-state index in [-0.39, 0.29) is 24.3 Å². The summed E-state index contributed by atoms with van der Waals surface area (Å²) in [5.74, 6) is 0.0688. The van der Waals surface area contributed by atoms with Crippen LogP contribution in [0.2, 0.25) is 0 Å². The summed E-state index contributed by atoms with van der Waals surface area (Å²) in [6.45, 7) is 0.663. The first kappa shape index (κ1) is 19.3. The minimum Gasteiger partial charge on any atom is -0.459 e. The van der Waals surface area contributed by atoms with Crippen molar-refractivity contribution in [3.05, 3.63) is 24.2 Å². The average Bonchev–Trinajstić information content (AvgIpc) is 3.39. The molecule has 4 rings (SSSR count). The van der Waals surface area contributed by atoms with Crippen LogP contribution in [0.5, 0.6) is 0 Å². The van der Waals surface area contributed by atoms with Gasteiger partial charge in [-0.05, 0) is 37.3 Å². The molecular weight excluding hydrogens is 360 g/mol. The standard InChI is InChI=1S/C21H28N2O5/c24-14-21(12-15-6-2-1-3-7-15,22-20(26)18-9-5-11-27-18)23-10-4-8-17-19(23)16(25)13-28-17/h5,9,11,14-15,17,19H,1-4,6-8,10,12-13H2,(H,22,26). The topological polar surface area (TPSA) is 88.8 Å². The molecule has 1 aliphatic carbocycles. The van der Waals surface area contributed by atoms with Gasteiger partial charge in [-0.25, -0.2) is 0 Å². The van der Waals surface area contributed by atoms with E-state index >= 15 is 0 Å². The third-order valence-corrected chi connectivity index (χ3v) is 6.45. The van der Waals surface area contributed by atoms with Gasteiger partial charge in [0.1, 0.15) is 6.61 Å². The average molecular weight is 388 g/mol. The highest BCUT2D eigenvalue weighted by Crippen LogP contribution is 2.37. The van der Waals surface area contributed by atoms with Crippen LogP contribution in [0, 0.1) is 5.92 Å². The first-order valence-corrected chi connectivity index (χ1v) is 10.4. The number of ketones is 1. The number of ether oxygens (including phenoxy) is 1. The summed E-state index contributed by atoms with van der Waals surface area (Å²) in [6, 6.07) is 2.75. The van der Waals surface area contributed by atoms with Crippen molar-refractivity contribution in [3.8, 4) is 0 Å². The smallest absolute Gasteiger partial charge is 0.288 e. The lowest BCUT2D eigenvalue weighted by Gasteiger charge is -2.48. The molecule has 1 saturated carbocycles. The van der Waals surface area contributed by atoms with Crippen LogP contribution in [-0.4, -0.2) is 53.8 Å². The number of nitrogens with one attached hydrogen (secondary N) is 1. The Balaban J connectivity index is 1.65. The highest BCUT2D eigenvalue weighted by Gasteiger charge is 2.52. The highest BCUT2D eigenvalue weighted by atomic mass is 16.5. The third kappa shape index (κ3) is 3.65. The number of piperidine rings is 1. The minimum atomic E-state index is -1.22. The van der Waals surface area contributed by atoms with Crippen LogP contribution in [0.4, 0.5) is 0 Å². The maximum atomic E-state index is 12.8. The van der Waals surface area contributed by atoms with E-state index in [1.807, 2.05) is 4.90 Å². The summed E-state index contributed by atoms with van der Waals surface area (Å²) in [4.78, 5) is 39.9. The third-order valence-electron chi connectivity index (χ3n) is 6.45. The Kier molecular flexibility index (Phi) is 5.64. The Morgan fingerprint density at radius 1 is 1.25 bits per heavy atom. The van der Waals surface area contributed by atoms with Gasteiger partial charge in [0.25, 0.3) is 5.91 Å². The SMILES string of the molecule is O=CC(CC1CCCCC1)(NC(=O)c1ccco1)N1CCCC2OCC(=O)C21. The van der Waals surface area contributed by atoms with Crippen molar-refractivity contribution >= 4 is 18.0 Å². The molecule has 28 heavy (non-hydrogen) atoms. The van der Waals surface area contributed by atoms with Crippen LogP contribution in [0.25, 0.3) is 0 Å². The second-order valence-corrected chi connectivity index (χ2v) is 8.28. The van der Waals surface area contributed by atoms with Crippen LogP contribution >= 0.6 is 0 Å². The predicted molar refractivity (Wildman–Crippen MR) is 101 cm³/mol. The van der Waals surface area contributed by atoms with Gasteiger partial charge in [-0.1, -0.05) is 32.1 Å². The van der Waals surface area contributed by atoms with Crippen LogP contribution < -0.4 is 5.32 Å². The zero-order valence-corrected chi connectivity index (χ0v) is 16.1. The lowest BCUT2D eigenvalue weighted by molar-refractivity contribution is -0.134. The zero-order valence-electron chi connectivity index (χ0n) is 16.1. The van der Waals surface area contributed by atoms with Gasteiger partial charge in [-0.15, -0.1) is 0 Å². The van der Waals surface area contributed by atoms with Gasteiger partial charge in [0.05, 0.1) is 18.4 Å². The first-order chi connectivity index (χ1) is 13.6. The normalized spacial score (nSPS) is 28.5. The van der Waals surface area contributed by atoms with Gasteiger partial charge in [0.15, 0.2) is 23.5 Å². The molecule has 7 heteroatoms. The summed E-state index contributed by atoms with van der Waals surface area (Å²) in [7, 11) is 0. The van der Waals surface area contributed by atoms with Gasteiger partial charge in [-0.2, -0.15) is 0 Å². The van der Waals surface area contributed by atoms with Crippen LogP contribution in [0.1, 0.15) is 61.9 Å². The number of Topliss-reactive ketones (excluding diaryl/α,β-unsaturated/α-hetero) is 1. The van der Waals surface area contributed by atoms with Crippen molar-refractivity contribution in [3.63, 3.8) is 0 Å². The maximum Gasteiger partial charge on any atom is 0.288 e. The van der Waals surface area contributed by atoms with E-state index in [0.717, 1.165) is 44.8 Å². The number of fused-ring (bicyclic) bond motifs is 1. The van der Waals surface area contributed by atoms with Crippen molar-refractivity contribution in [2.45, 2.75) is 69.2 Å². The predicted octanol–water partition coefficient (Wildman–Crippen LogP) is 2.31. The second kappa shape index (κ2) is 8.17. The molecule has 2 aliphatic heterocycles. The van der Waals surface area contributed by atoms with E-state index in [0.29, 0.717) is 18.9 Å². The highest BCUT2D eigenvalue weighted by molar-refractivity contribution is 5.94. The van der Waals surface area contributed by atoms with E-state index in [2.05, 4.69) is 5.32 Å². The van der Waals surface area contributed by atoms with E-state index < -0.39 is 17.6 Å². The molecule has 0 aromatic carbocycles. The van der Waals surface area contributed by atoms with Crippen LogP contribution in [0.3, 0.4) is 0 Å². The number of rotatable bonds is 6. The largest absolute Gasteiger partial charge is 0.459 e. The summed E-state index contributed by atoms with van der Waals surface area (Å²) in [6.07, 6.45) is 9.77. The van der Waals surface area contributed by atoms with E-state index in [1.165, 1.54) is 12.7 Å². The Morgan fingerprint density at radius 3 is 2.79 bits per heavy atom. The van der Waals surface area contributed by atoms with E-state index in [4.69, 9.17) is 9.15 Å². The monoisotopic (exact) mass is 388 g/mol. The fourth-order valence-electron chi connectivity index (χ4n) is 5.12. The quantitative estimate of drug-likeness (QED) is 0.753. The molecule has 0 radical (unpaired) electrons. The van der Waals surface area contributed by atoms with E-state index in [1.54, 1.807) is 12.1 Å². The van der Waals surface area contributed by atoms with Crippen molar-refractivity contribution < 1.29 is 23.5 Å². The number of hydrogen-bond acceptors (Lipinski definition) is 6. The second-order valence-electron chi connectivity index (χ2n) is 8.28. The Morgan fingerprint density at radius 2 is 2.07 bits per heavy atom. The molecule has 3 atom stereocenters. The Labute approximate surface area is 164 Å². The van der Waals surface area contributed by atoms with Gasteiger partial charge in [0, 0.05) is 6.54 Å². The lowest BCUT2D eigenvalue weighted by atomic mass is 9.81. The summed E-state index contributed by atoms with van der Waals surface area (Å²) < 4.78 is 10.9. The maximum absolute atomic E-state index is 12.8. The number of aldehydes is 1. The molecule has 1 N–H and O–H groups in total. The number of likely N-dealkylation sites (tertiary alicyclic amines) is 1. The van der Waals surface area contributed by atoms with E-state index in [9.17, 15) is 14.4 Å². The molecule has 0 spiro atoms. The van der Waals surface area contributed by atoms with Gasteiger partial charge >= 0.3 is 0 Å². The molecular formula is C21H28N2O5. The van der Waals surface area contributed by atoms with Crippen molar-refractivity contribution in [1.29, 1.82) is 0 Å². The summed E-state index contributed by atoms with van der Waals surface area (Å²) >= 11 is 0. The number of carbonyl (C=O) groups is 3. The fourth-order valence-corrected chi connectivity index (χ4v) is 5.12. The minimum absolute atomic E-state index is 0.00758. The molecule has 2 saturated heterocycles. The van der Waals surface area contributed by atoms with Gasteiger partial charge in [0.2, 0.25) is 0 Å². The molecule has 1 amide bonds. The summed E-state index contributed by atoms with van der Waals surface area (Å²) in [5, 5.41) is 2.95. The van der Waals surface area contributed by atoms with Gasteiger partial charge in [-0.3, -0.25) is 19.3 Å². The molecule has 1 aromatic rings. The fraction of sp³-hybridized carbons (Fsp3) is 0.667. The number of nitrogens with zero attached hydrogens (tertiary/aromatic N) is 1. The summed E-state index contributed by atoms with van der Waals surface area (Å²) in [5.41, 5.74) is -1.22. The number of hydrogen-bond donors (Lipinski definition) is 1. The Hall–Kier alpha value is -1.99. The van der Waals surface area contributed by atoms with Crippen LogP contribution in [0.15, 0.2) is 22.8 Å². The van der Waals surface area contributed by atoms with Crippen molar-refractivity contribution in [2.24, 2.45) is 5.92 Å². The van der Waals surface area contributed by atoms with Crippen molar-refractivity contribution in [1.82, 2.24) is 10.2 Å². The Bertz CT molecular complexity index is 712. The zero-order chi connectivity index (χ0) is 19.6. The first-order valence-electron chi connectivity index (χ1n) is 10.4. The van der Waals surface area contributed by atoms with Gasteiger partial charge < -0.3 is 14.5 Å². The lowest BCUT2D eigenvalue weighted by Crippen LogP contribution is -2.69. The molecule has 3 heterocycles. The molecule has 152 valence electrons. The molecule has 7 nitrogen and oxygen atoms in total. The number of furan rings is 1. The molecule has 3 unspecified atom stereocenters. The molecule has 3 aliphatic rings. The molecule has 0 bridgehead atoms. The van der Waals surface area contributed by atoms with Crippen molar-refractivity contribution in [2.75, 3.05) is 13.2 Å². The number of amides is 1. The molecule has 3 fully saturated rings. The number of carbonyl (C=O) groups excluding carboxylic acids is 3.